The van der Waals surface area contributed by atoms with Crippen LogP contribution < -0.4 is 0 Å². The summed E-state index contributed by atoms with van der Waals surface area (Å²) >= 11 is 0. The van der Waals surface area contributed by atoms with E-state index in [9.17, 15) is 0 Å². The SMILES string of the molecule is Cc1cccc2c1CN(C(C)c1cccc3ccccc13)CC2. The van der Waals surface area contributed by atoms with Crippen LogP contribution in [0.1, 0.15) is 35.2 Å². The Balaban J connectivity index is 1.70. The van der Waals surface area contributed by atoms with Crippen LogP contribution in [-0.2, 0) is 13.0 Å². The van der Waals surface area contributed by atoms with E-state index in [4.69, 9.17) is 0 Å². The van der Waals surface area contributed by atoms with Crippen molar-refractivity contribution in [2.75, 3.05) is 6.54 Å². The molecule has 0 radical (unpaired) electrons. The lowest BCUT2D eigenvalue weighted by atomic mass is 9.92. The van der Waals surface area contributed by atoms with E-state index in [-0.39, 0.29) is 0 Å². The highest BCUT2D eigenvalue weighted by molar-refractivity contribution is 5.86. The van der Waals surface area contributed by atoms with Crippen molar-refractivity contribution in [3.05, 3.63) is 82.9 Å². The summed E-state index contributed by atoms with van der Waals surface area (Å²) in [6, 6.07) is 22.6. The fraction of sp³-hybridized carbons (Fsp3) is 0.273. The van der Waals surface area contributed by atoms with Gasteiger partial charge in [0.2, 0.25) is 0 Å². The Morgan fingerprint density at radius 3 is 2.61 bits per heavy atom. The predicted molar refractivity (Wildman–Crippen MR) is 97.7 cm³/mol. The van der Waals surface area contributed by atoms with Crippen molar-refractivity contribution in [1.82, 2.24) is 4.90 Å². The van der Waals surface area contributed by atoms with Gasteiger partial charge in [0.05, 0.1) is 0 Å². The molecule has 3 aromatic rings. The fourth-order valence-corrected chi connectivity index (χ4v) is 3.91. The molecule has 0 saturated carbocycles. The maximum absolute atomic E-state index is 2.62. The molecule has 23 heavy (non-hydrogen) atoms. The van der Waals surface area contributed by atoms with E-state index >= 15 is 0 Å². The van der Waals surface area contributed by atoms with E-state index in [2.05, 4.69) is 79.4 Å². The number of nitrogens with zero attached hydrogens (tertiary/aromatic N) is 1. The van der Waals surface area contributed by atoms with E-state index in [1.54, 1.807) is 0 Å². The molecule has 1 aliphatic rings. The molecule has 1 atom stereocenters. The molecule has 1 heteroatoms. The summed E-state index contributed by atoms with van der Waals surface area (Å²) in [5.41, 5.74) is 5.94. The minimum Gasteiger partial charge on any atom is -0.292 e. The normalized spacial score (nSPS) is 16.3. The molecule has 0 N–H and O–H groups in total. The first-order valence-corrected chi connectivity index (χ1v) is 8.53. The van der Waals surface area contributed by atoms with Crippen molar-refractivity contribution in [2.24, 2.45) is 0 Å². The van der Waals surface area contributed by atoms with E-state index in [1.807, 2.05) is 0 Å². The third-order valence-corrected chi connectivity index (χ3v) is 5.36. The molecular formula is C22H23N. The molecule has 0 spiro atoms. The number of fused-ring (bicyclic) bond motifs is 2. The van der Waals surface area contributed by atoms with Crippen molar-refractivity contribution in [1.29, 1.82) is 0 Å². The van der Waals surface area contributed by atoms with Crippen molar-refractivity contribution in [3.63, 3.8) is 0 Å². The number of hydrogen-bond acceptors (Lipinski definition) is 1. The minimum absolute atomic E-state index is 0.439. The van der Waals surface area contributed by atoms with Gasteiger partial charge in [-0.05, 0) is 53.3 Å². The van der Waals surface area contributed by atoms with Crippen LogP contribution in [0.5, 0.6) is 0 Å². The Hall–Kier alpha value is -2.12. The van der Waals surface area contributed by atoms with E-state index in [1.165, 1.54) is 33.0 Å². The van der Waals surface area contributed by atoms with Gasteiger partial charge in [0.1, 0.15) is 0 Å². The molecule has 0 aromatic heterocycles. The first-order valence-electron chi connectivity index (χ1n) is 8.53. The summed E-state index contributed by atoms with van der Waals surface area (Å²) in [6.07, 6.45) is 1.16. The third-order valence-electron chi connectivity index (χ3n) is 5.36. The van der Waals surface area contributed by atoms with E-state index < -0.39 is 0 Å². The maximum atomic E-state index is 2.62. The summed E-state index contributed by atoms with van der Waals surface area (Å²) in [6.45, 7) is 6.79. The highest BCUT2D eigenvalue weighted by Crippen LogP contribution is 2.32. The van der Waals surface area contributed by atoms with Crippen LogP contribution in [0.2, 0.25) is 0 Å². The topological polar surface area (TPSA) is 3.24 Å². The number of hydrogen-bond donors (Lipinski definition) is 0. The number of aryl methyl sites for hydroxylation is 1. The third kappa shape index (κ3) is 2.55. The van der Waals surface area contributed by atoms with Crippen molar-refractivity contribution in [3.8, 4) is 0 Å². The van der Waals surface area contributed by atoms with Crippen molar-refractivity contribution >= 4 is 10.8 Å². The molecular weight excluding hydrogens is 278 g/mol. The molecule has 3 aromatic carbocycles. The van der Waals surface area contributed by atoms with Gasteiger partial charge in [0, 0.05) is 19.1 Å². The van der Waals surface area contributed by atoms with Gasteiger partial charge < -0.3 is 0 Å². The van der Waals surface area contributed by atoms with Crippen LogP contribution in [0, 0.1) is 6.92 Å². The standard InChI is InChI=1S/C22H23N/c1-16-7-5-9-19-13-14-23(15-22(16)19)17(2)20-12-6-10-18-8-3-4-11-21(18)20/h3-12,17H,13-15H2,1-2H3. The van der Waals surface area contributed by atoms with Crippen LogP contribution in [0.25, 0.3) is 10.8 Å². The average molecular weight is 301 g/mol. The minimum atomic E-state index is 0.439. The van der Waals surface area contributed by atoms with Crippen molar-refractivity contribution < 1.29 is 0 Å². The lowest BCUT2D eigenvalue weighted by Crippen LogP contribution is -2.33. The van der Waals surface area contributed by atoms with Crippen LogP contribution in [0.15, 0.2) is 60.7 Å². The Labute approximate surface area is 138 Å². The second-order valence-electron chi connectivity index (χ2n) is 6.68. The lowest BCUT2D eigenvalue weighted by molar-refractivity contribution is 0.193. The lowest BCUT2D eigenvalue weighted by Gasteiger charge is -2.35. The monoisotopic (exact) mass is 301 g/mol. The predicted octanol–water partition coefficient (Wildman–Crippen LogP) is 5.27. The Morgan fingerprint density at radius 2 is 1.70 bits per heavy atom. The molecule has 116 valence electrons. The van der Waals surface area contributed by atoms with Crippen LogP contribution in [0.3, 0.4) is 0 Å². The zero-order valence-electron chi connectivity index (χ0n) is 13.9. The molecule has 0 bridgehead atoms. The molecule has 1 aliphatic heterocycles. The van der Waals surface area contributed by atoms with E-state index in [0.717, 1.165) is 19.5 Å². The summed E-state index contributed by atoms with van der Waals surface area (Å²) in [5, 5.41) is 2.73. The number of benzene rings is 3. The summed E-state index contributed by atoms with van der Waals surface area (Å²) in [5.74, 6) is 0. The van der Waals surface area contributed by atoms with Crippen LogP contribution in [-0.4, -0.2) is 11.4 Å². The second-order valence-corrected chi connectivity index (χ2v) is 6.68. The summed E-state index contributed by atoms with van der Waals surface area (Å²) < 4.78 is 0. The zero-order chi connectivity index (χ0) is 15.8. The van der Waals surface area contributed by atoms with Gasteiger partial charge in [0.25, 0.3) is 0 Å². The highest BCUT2D eigenvalue weighted by Gasteiger charge is 2.23. The van der Waals surface area contributed by atoms with Gasteiger partial charge in [-0.3, -0.25) is 4.90 Å². The Morgan fingerprint density at radius 1 is 0.913 bits per heavy atom. The molecule has 0 amide bonds. The highest BCUT2D eigenvalue weighted by atomic mass is 15.2. The molecule has 0 aliphatic carbocycles. The quantitative estimate of drug-likeness (QED) is 0.623. The molecule has 1 heterocycles. The van der Waals surface area contributed by atoms with Crippen LogP contribution >= 0.6 is 0 Å². The van der Waals surface area contributed by atoms with Gasteiger partial charge in [-0.15, -0.1) is 0 Å². The van der Waals surface area contributed by atoms with Gasteiger partial charge in [-0.2, -0.15) is 0 Å². The first-order chi connectivity index (χ1) is 11.2. The molecule has 1 nitrogen and oxygen atoms in total. The molecule has 0 fully saturated rings. The van der Waals surface area contributed by atoms with Gasteiger partial charge in [-0.25, -0.2) is 0 Å². The average Bonchev–Trinajstić information content (AvgIpc) is 2.61. The molecule has 1 unspecified atom stereocenters. The second kappa shape index (κ2) is 5.82. The van der Waals surface area contributed by atoms with Gasteiger partial charge >= 0.3 is 0 Å². The van der Waals surface area contributed by atoms with Gasteiger partial charge in [-0.1, -0.05) is 60.7 Å². The first kappa shape index (κ1) is 14.5. The Bertz CT molecular complexity index is 844. The summed E-state index contributed by atoms with van der Waals surface area (Å²) in [7, 11) is 0. The zero-order valence-corrected chi connectivity index (χ0v) is 13.9. The smallest absolute Gasteiger partial charge is 0.0329 e. The Kier molecular flexibility index (Phi) is 3.66. The van der Waals surface area contributed by atoms with Gasteiger partial charge in [0.15, 0.2) is 0 Å². The summed E-state index contributed by atoms with van der Waals surface area (Å²) in [4.78, 5) is 2.62. The molecule has 4 rings (SSSR count). The van der Waals surface area contributed by atoms with Crippen molar-refractivity contribution in [2.45, 2.75) is 32.9 Å². The number of rotatable bonds is 2. The molecule has 0 saturated heterocycles. The van der Waals surface area contributed by atoms with Crippen LogP contribution in [0.4, 0.5) is 0 Å². The fourth-order valence-electron chi connectivity index (χ4n) is 3.91. The maximum Gasteiger partial charge on any atom is 0.0329 e. The van der Waals surface area contributed by atoms with E-state index in [0.29, 0.717) is 6.04 Å². The largest absolute Gasteiger partial charge is 0.292 e.